The van der Waals surface area contributed by atoms with E-state index in [0.717, 1.165) is 10.9 Å². The van der Waals surface area contributed by atoms with Crippen LogP contribution in [0.4, 0.5) is 0 Å². The highest BCUT2D eigenvalue weighted by atomic mass is 79.9. The summed E-state index contributed by atoms with van der Waals surface area (Å²) in [6, 6.07) is 9.76. The fourth-order valence-corrected chi connectivity index (χ4v) is 1.53. The van der Waals surface area contributed by atoms with Crippen LogP contribution in [0.25, 0.3) is 10.9 Å². The molecule has 0 N–H and O–H groups in total. The number of hydrogen-bond acceptors (Lipinski definition) is 1. The van der Waals surface area contributed by atoms with Gasteiger partial charge in [-0.1, -0.05) is 29.8 Å². The number of rotatable bonds is 0. The zero-order valence-corrected chi connectivity index (χ0v) is 8.43. The van der Waals surface area contributed by atoms with Gasteiger partial charge in [-0.25, -0.2) is 4.98 Å². The molecule has 0 aliphatic carbocycles. The number of para-hydroxylation sites is 1. The lowest BCUT2D eigenvalue weighted by Gasteiger charge is -1.98. The van der Waals surface area contributed by atoms with E-state index in [-0.39, 0.29) is 0 Å². The van der Waals surface area contributed by atoms with Gasteiger partial charge in [-0.15, -0.1) is 0 Å². The predicted molar refractivity (Wildman–Crippen MR) is 54.5 cm³/mol. The van der Waals surface area contributed by atoms with Crippen LogP contribution < -0.4 is 0 Å². The molecule has 1 nitrogen and oxygen atoms in total. The van der Waals surface area contributed by atoms with Crippen LogP contribution in [-0.2, 0) is 0 Å². The number of fused-ring (bicyclic) bond motifs is 1. The van der Waals surface area contributed by atoms with E-state index in [1.807, 2.05) is 30.3 Å². The molecule has 0 saturated carbocycles. The molecule has 0 spiro atoms. The van der Waals surface area contributed by atoms with Crippen molar-refractivity contribution in [3.8, 4) is 0 Å². The van der Waals surface area contributed by atoms with Gasteiger partial charge in [0.05, 0.1) is 10.5 Å². The summed E-state index contributed by atoms with van der Waals surface area (Å²) in [5.74, 6) is 0. The Balaban J connectivity index is 2.84. The fourth-order valence-electron chi connectivity index (χ4n) is 1.07. The summed E-state index contributed by atoms with van der Waals surface area (Å²) in [4.78, 5) is 4.26. The lowest BCUT2D eigenvalue weighted by molar-refractivity contribution is 1.35. The topological polar surface area (TPSA) is 12.9 Å². The maximum Gasteiger partial charge on any atom is 0.125 e. The van der Waals surface area contributed by atoms with Gasteiger partial charge in [0.25, 0.3) is 0 Å². The van der Waals surface area contributed by atoms with Crippen molar-refractivity contribution in [2.45, 2.75) is 0 Å². The van der Waals surface area contributed by atoms with E-state index in [1.54, 1.807) is 0 Å². The lowest BCUT2D eigenvalue weighted by atomic mass is 10.2. The number of pyridine rings is 1. The fraction of sp³-hybridized carbons (Fsp3) is 0. The monoisotopic (exact) mass is 241 g/mol. The van der Waals surface area contributed by atoms with E-state index < -0.39 is 0 Å². The van der Waals surface area contributed by atoms with Crippen LogP contribution in [-0.4, -0.2) is 4.98 Å². The van der Waals surface area contributed by atoms with E-state index in [0.29, 0.717) is 9.63 Å². The first-order valence-electron chi connectivity index (χ1n) is 3.48. The quantitative estimate of drug-likeness (QED) is 0.643. The minimum Gasteiger partial charge on any atom is -0.239 e. The van der Waals surface area contributed by atoms with Crippen molar-refractivity contribution in [1.29, 1.82) is 0 Å². The Kier molecular flexibility index (Phi) is 2.03. The largest absolute Gasteiger partial charge is 0.239 e. The summed E-state index contributed by atoms with van der Waals surface area (Å²) in [5, 5.41) is 1.71. The van der Waals surface area contributed by atoms with Gasteiger partial charge in [-0.2, -0.15) is 0 Å². The first kappa shape index (κ1) is 8.02. The van der Waals surface area contributed by atoms with Crippen LogP contribution in [0.2, 0.25) is 5.02 Å². The molecule has 0 radical (unpaired) electrons. The molecule has 1 heterocycles. The van der Waals surface area contributed by atoms with Crippen LogP contribution in [0.3, 0.4) is 0 Å². The summed E-state index contributed by atoms with van der Waals surface area (Å²) < 4.78 is 0.697. The highest BCUT2D eigenvalue weighted by molar-refractivity contribution is 9.10. The Hall–Kier alpha value is -0.600. The normalized spacial score (nSPS) is 10.5. The molecule has 0 unspecified atom stereocenters. The number of hydrogen-bond donors (Lipinski definition) is 0. The minimum absolute atomic E-state index is 0.647. The maximum absolute atomic E-state index is 5.88. The van der Waals surface area contributed by atoms with Crippen molar-refractivity contribution in [3.63, 3.8) is 0 Å². The number of benzene rings is 1. The Morgan fingerprint density at radius 2 is 2.00 bits per heavy atom. The van der Waals surface area contributed by atoms with Crippen LogP contribution in [0.5, 0.6) is 0 Å². The molecule has 0 aliphatic heterocycles. The van der Waals surface area contributed by atoms with Crippen molar-refractivity contribution >= 4 is 38.4 Å². The van der Waals surface area contributed by atoms with E-state index in [2.05, 4.69) is 20.9 Å². The van der Waals surface area contributed by atoms with Crippen molar-refractivity contribution in [3.05, 3.63) is 40.0 Å². The van der Waals surface area contributed by atoms with Gasteiger partial charge in [-0.05, 0) is 28.1 Å². The zero-order chi connectivity index (χ0) is 8.55. The summed E-state index contributed by atoms with van der Waals surface area (Å²) in [6.07, 6.45) is 0. The smallest absolute Gasteiger partial charge is 0.125 e. The highest BCUT2D eigenvalue weighted by Gasteiger charge is 1.99. The SMILES string of the molecule is Clc1cc2ccccc2nc1Br. The third-order valence-electron chi connectivity index (χ3n) is 1.63. The van der Waals surface area contributed by atoms with E-state index >= 15 is 0 Å². The molecule has 2 aromatic rings. The molecular weight excluding hydrogens is 237 g/mol. The van der Waals surface area contributed by atoms with Gasteiger partial charge in [0.2, 0.25) is 0 Å². The third-order valence-corrected chi connectivity index (χ3v) is 2.76. The third kappa shape index (κ3) is 1.32. The number of aromatic nitrogens is 1. The highest BCUT2D eigenvalue weighted by Crippen LogP contribution is 2.24. The second-order valence-electron chi connectivity index (χ2n) is 2.45. The maximum atomic E-state index is 5.88. The van der Waals surface area contributed by atoms with Crippen molar-refractivity contribution in [2.24, 2.45) is 0 Å². The summed E-state index contributed by atoms with van der Waals surface area (Å²) in [6.45, 7) is 0. The van der Waals surface area contributed by atoms with Gasteiger partial charge < -0.3 is 0 Å². The van der Waals surface area contributed by atoms with Gasteiger partial charge in [0.15, 0.2) is 0 Å². The molecule has 1 aromatic carbocycles. The van der Waals surface area contributed by atoms with Crippen molar-refractivity contribution < 1.29 is 0 Å². The van der Waals surface area contributed by atoms with E-state index in [4.69, 9.17) is 11.6 Å². The summed E-state index contributed by atoms with van der Waals surface area (Å²) in [5.41, 5.74) is 0.953. The van der Waals surface area contributed by atoms with E-state index in [1.165, 1.54) is 0 Å². The first-order chi connectivity index (χ1) is 5.77. The molecule has 0 bridgehead atoms. The molecule has 0 fully saturated rings. The summed E-state index contributed by atoms with van der Waals surface area (Å²) in [7, 11) is 0. The minimum atomic E-state index is 0.647. The molecule has 2 rings (SSSR count). The number of halogens is 2. The Bertz CT molecular complexity index is 387. The average Bonchev–Trinajstić information content (AvgIpc) is 2.07. The Morgan fingerprint density at radius 1 is 1.25 bits per heavy atom. The molecule has 0 saturated heterocycles. The Morgan fingerprint density at radius 3 is 2.83 bits per heavy atom. The summed E-state index contributed by atoms with van der Waals surface area (Å²) >= 11 is 9.15. The van der Waals surface area contributed by atoms with Crippen LogP contribution in [0.15, 0.2) is 34.9 Å². The standard InChI is InChI=1S/C9H5BrClN/c10-9-7(11)5-6-3-1-2-4-8(6)12-9/h1-5H. The van der Waals surface area contributed by atoms with Gasteiger partial charge in [0, 0.05) is 5.39 Å². The van der Waals surface area contributed by atoms with Crippen LogP contribution in [0, 0.1) is 0 Å². The molecule has 1 aromatic heterocycles. The average molecular weight is 243 g/mol. The molecule has 0 atom stereocenters. The van der Waals surface area contributed by atoms with Gasteiger partial charge in [0.1, 0.15) is 4.60 Å². The number of nitrogens with zero attached hydrogens (tertiary/aromatic N) is 1. The predicted octanol–water partition coefficient (Wildman–Crippen LogP) is 3.65. The molecule has 60 valence electrons. The van der Waals surface area contributed by atoms with Gasteiger partial charge >= 0.3 is 0 Å². The second kappa shape index (κ2) is 3.04. The Labute approximate surface area is 83.5 Å². The lowest BCUT2D eigenvalue weighted by Crippen LogP contribution is -1.80. The molecule has 3 heteroatoms. The molecule has 0 aliphatic rings. The second-order valence-corrected chi connectivity index (χ2v) is 3.61. The van der Waals surface area contributed by atoms with Crippen LogP contribution in [0.1, 0.15) is 0 Å². The molecule has 12 heavy (non-hydrogen) atoms. The molecular formula is C9H5BrClN. The van der Waals surface area contributed by atoms with Gasteiger partial charge in [-0.3, -0.25) is 0 Å². The van der Waals surface area contributed by atoms with E-state index in [9.17, 15) is 0 Å². The zero-order valence-electron chi connectivity index (χ0n) is 6.09. The van der Waals surface area contributed by atoms with Crippen LogP contribution >= 0.6 is 27.5 Å². The van der Waals surface area contributed by atoms with Crippen molar-refractivity contribution in [1.82, 2.24) is 4.98 Å². The van der Waals surface area contributed by atoms with Crippen molar-refractivity contribution in [2.75, 3.05) is 0 Å². The molecule has 0 amide bonds. The first-order valence-corrected chi connectivity index (χ1v) is 4.65.